The van der Waals surface area contributed by atoms with Crippen molar-refractivity contribution in [2.75, 3.05) is 51.5 Å². The van der Waals surface area contributed by atoms with Gasteiger partial charge in [0.1, 0.15) is 5.84 Å². The van der Waals surface area contributed by atoms with Crippen molar-refractivity contribution >= 4 is 103 Å². The number of sulfone groups is 3. The summed E-state index contributed by atoms with van der Waals surface area (Å²) in [5.74, 6) is 1.43. The Morgan fingerprint density at radius 2 is 1.02 bits per heavy atom. The van der Waals surface area contributed by atoms with E-state index in [2.05, 4.69) is 42.4 Å². The van der Waals surface area contributed by atoms with Crippen LogP contribution in [-0.4, -0.2) is 117 Å². The number of hydrogen-bond donors (Lipinski definition) is 3. The van der Waals surface area contributed by atoms with Crippen LogP contribution in [0.4, 0.5) is 11.5 Å². The van der Waals surface area contributed by atoms with E-state index >= 15 is 0 Å². The first-order chi connectivity index (χ1) is 37.8. The normalized spacial score (nSPS) is 17.7. The average Bonchev–Trinajstić information content (AvgIpc) is 4.08. The molecule has 17 nitrogen and oxygen atoms in total. The lowest BCUT2D eigenvalue weighted by atomic mass is 10.0. The first-order valence-corrected chi connectivity index (χ1v) is 31.8. The Bertz CT molecular complexity index is 3880. The van der Waals surface area contributed by atoms with Crippen LogP contribution in [-0.2, 0) is 43.7 Å². The summed E-state index contributed by atoms with van der Waals surface area (Å²) in [6, 6.07) is 15.7. The number of benzene rings is 3. The Morgan fingerprint density at radius 3 is 1.45 bits per heavy atom. The minimum absolute atomic E-state index is 0.347. The number of aromatic amines is 1. The van der Waals surface area contributed by atoms with Crippen LogP contribution < -0.4 is 11.1 Å². The maximum absolute atomic E-state index is 13.6. The summed E-state index contributed by atoms with van der Waals surface area (Å²) >= 11 is 12.4. The molecule has 7 aromatic rings. The van der Waals surface area contributed by atoms with E-state index in [4.69, 9.17) is 43.1 Å². The van der Waals surface area contributed by atoms with Gasteiger partial charge in [-0.25, -0.2) is 25.3 Å². The third-order valence-corrected chi connectivity index (χ3v) is 24.4. The van der Waals surface area contributed by atoms with E-state index < -0.39 is 39.0 Å². The summed E-state index contributed by atoms with van der Waals surface area (Å²) in [7, 11) is -10.4. The van der Waals surface area contributed by atoms with Crippen LogP contribution in [0.25, 0.3) is 32.7 Å². The van der Waals surface area contributed by atoms with Crippen molar-refractivity contribution in [3.63, 3.8) is 0 Å². The van der Waals surface area contributed by atoms with Crippen molar-refractivity contribution in [1.29, 1.82) is 0 Å². The van der Waals surface area contributed by atoms with Crippen LogP contribution in [0.15, 0.2) is 104 Å². The van der Waals surface area contributed by atoms with Gasteiger partial charge in [0.25, 0.3) is 0 Å². The van der Waals surface area contributed by atoms with E-state index in [9.17, 15) is 25.3 Å². The lowest BCUT2D eigenvalue weighted by molar-refractivity contribution is 0.0788. The van der Waals surface area contributed by atoms with E-state index in [0.717, 1.165) is 45.8 Å². The van der Waals surface area contributed by atoms with Gasteiger partial charge in [-0.05, 0) is 183 Å². The molecule has 0 atom stereocenters. The van der Waals surface area contributed by atoms with Crippen LogP contribution >= 0.6 is 23.2 Å². The van der Waals surface area contributed by atoms with Gasteiger partial charge in [0.05, 0.1) is 68.3 Å². The van der Waals surface area contributed by atoms with Crippen molar-refractivity contribution < 1.29 is 39.5 Å². The quantitative estimate of drug-likeness (QED) is 0.128. The highest BCUT2D eigenvalue weighted by atomic mass is 35.5. The SMILES string of the molecule is CC1=C(C)C(N)=NC1.Cc1cc2nccc(Cl)c2cc1S(=O)(=O)C1(C)CCOCC1.Cc1cc2nccc(Cl)c2cc1S(=O)(=O)C1CCOCC1.Cc1cc2nccc(Nc3n[nH]c(C)c3C)c2cc1S(=O)(=O)C1(C)CCOCC1. The van der Waals surface area contributed by atoms with Crippen molar-refractivity contribution in [1.82, 2.24) is 25.1 Å². The summed E-state index contributed by atoms with van der Waals surface area (Å²) in [6.45, 7) is 20.8. The molecule has 3 fully saturated rings. The van der Waals surface area contributed by atoms with Crippen LogP contribution in [0, 0.1) is 34.6 Å². The van der Waals surface area contributed by atoms with Crippen molar-refractivity contribution in [2.24, 2.45) is 10.7 Å². The second-order valence-corrected chi connectivity index (χ2v) is 29.3. The maximum Gasteiger partial charge on any atom is 0.184 e. The third kappa shape index (κ3) is 12.4. The van der Waals surface area contributed by atoms with Gasteiger partial charge in [0, 0.05) is 85.6 Å². The molecule has 0 radical (unpaired) electrons. The molecule has 0 bridgehead atoms. The number of nitrogens with one attached hydrogen (secondary N) is 2. The van der Waals surface area contributed by atoms with Gasteiger partial charge < -0.3 is 25.3 Å². The number of amidine groups is 1. The number of halogens is 2. The van der Waals surface area contributed by atoms with Crippen LogP contribution in [0.1, 0.15) is 94.2 Å². The van der Waals surface area contributed by atoms with Crippen molar-refractivity contribution in [3.05, 3.63) is 122 Å². The Kier molecular flexibility index (Phi) is 18.5. The highest BCUT2D eigenvalue weighted by molar-refractivity contribution is 7.93. The van der Waals surface area contributed by atoms with Crippen LogP contribution in [0.3, 0.4) is 0 Å². The molecule has 4 aliphatic rings. The molecule has 11 rings (SSSR count). The molecule has 4 aromatic heterocycles. The number of aromatic nitrogens is 5. The molecule has 4 N–H and O–H groups in total. The molecule has 4 aliphatic heterocycles. The first-order valence-electron chi connectivity index (χ1n) is 26.5. The number of nitrogens with zero attached hydrogens (tertiary/aromatic N) is 5. The largest absolute Gasteiger partial charge is 0.384 e. The monoisotopic (exact) mass is 1190 g/mol. The number of hydrogen-bond acceptors (Lipinski definition) is 16. The van der Waals surface area contributed by atoms with Crippen molar-refractivity contribution in [2.45, 2.75) is 130 Å². The van der Waals surface area contributed by atoms with E-state index in [1.807, 2.05) is 46.8 Å². The second kappa shape index (κ2) is 24.5. The predicted octanol–water partition coefficient (Wildman–Crippen LogP) is 11.4. The molecule has 428 valence electrons. The van der Waals surface area contributed by atoms with Crippen molar-refractivity contribution in [3.8, 4) is 0 Å². The van der Waals surface area contributed by atoms with Crippen LogP contribution in [0.2, 0.25) is 10.0 Å². The van der Waals surface area contributed by atoms with Gasteiger partial charge in [-0.2, -0.15) is 5.10 Å². The Balaban J connectivity index is 0.000000149. The van der Waals surface area contributed by atoms with Gasteiger partial charge in [-0.3, -0.25) is 25.0 Å². The number of pyridine rings is 3. The highest BCUT2D eigenvalue weighted by Gasteiger charge is 2.44. The summed E-state index contributed by atoms with van der Waals surface area (Å²) in [5.41, 5.74) is 15.0. The molecule has 0 saturated carbocycles. The number of aliphatic imine (C=N–C) groups is 1. The molecule has 0 aliphatic carbocycles. The highest BCUT2D eigenvalue weighted by Crippen LogP contribution is 2.40. The minimum Gasteiger partial charge on any atom is -0.384 e. The molecule has 0 spiro atoms. The Morgan fingerprint density at radius 1 is 0.600 bits per heavy atom. The molecule has 3 aromatic carbocycles. The number of anilines is 2. The zero-order valence-electron chi connectivity index (χ0n) is 46.7. The summed E-state index contributed by atoms with van der Waals surface area (Å²) in [6.07, 6.45) is 8.05. The van der Waals surface area contributed by atoms with E-state index in [-0.39, 0.29) is 5.25 Å². The zero-order chi connectivity index (χ0) is 58.0. The molecule has 22 heteroatoms. The number of aryl methyl sites for hydroxylation is 4. The standard InChI is InChI=1S/C21H26N4O3S.C16H18ClNO3S.C15H16ClNO3S.C6H10N2/c1-13-11-18-16(12-19(13)29(26,27)21(4)6-9-28-10-7-21)17(5-8-22-18)23-20-14(2)15(3)24-25-20;1-11-9-14-12(13(17)3-6-18-14)10-15(11)22(19,20)16(2)4-7-21-8-5-16;1-10-8-14-12(13(16)2-5-17-14)9-15(10)21(18,19)11-3-6-20-7-4-11;1-4-3-8-6(7)5(4)2/h5,8,11-12H,6-7,9-10H2,1-4H3,(H2,22,23,24,25);3,6,9-10H,4-5,7-8H2,1-2H3;2,5,8-9,11H,3-4,6-7H2,1H3;3H2,1-2H3,(H2,7,8). The smallest absolute Gasteiger partial charge is 0.184 e. The lowest BCUT2D eigenvalue weighted by Crippen LogP contribution is -2.41. The van der Waals surface area contributed by atoms with Crippen LogP contribution in [0.5, 0.6) is 0 Å². The minimum atomic E-state index is -3.53. The topological polar surface area (TPSA) is 248 Å². The molecule has 80 heavy (non-hydrogen) atoms. The number of rotatable bonds is 8. The van der Waals surface area contributed by atoms with Gasteiger partial charge in [0.15, 0.2) is 35.3 Å². The first kappa shape index (κ1) is 60.5. The number of fused-ring (bicyclic) bond motifs is 3. The molecule has 0 unspecified atom stereocenters. The average molecular weight is 1190 g/mol. The molecular formula is C58H70Cl2N8O9S3. The number of ether oxygens (including phenoxy) is 3. The molecular weight excluding hydrogens is 1120 g/mol. The van der Waals surface area contributed by atoms with Gasteiger partial charge in [0.2, 0.25) is 0 Å². The Hall–Kier alpha value is -5.58. The van der Waals surface area contributed by atoms with E-state index in [0.29, 0.717) is 147 Å². The van der Waals surface area contributed by atoms with Gasteiger partial charge >= 0.3 is 0 Å². The second-order valence-electron chi connectivity index (χ2n) is 21.4. The number of H-pyrrole nitrogens is 1. The summed E-state index contributed by atoms with van der Waals surface area (Å²) in [4.78, 5) is 18.0. The molecule has 8 heterocycles. The summed E-state index contributed by atoms with van der Waals surface area (Å²) < 4.78 is 93.6. The van der Waals surface area contributed by atoms with Gasteiger partial charge in [-0.1, -0.05) is 23.2 Å². The van der Waals surface area contributed by atoms with Gasteiger partial charge in [-0.15, -0.1) is 0 Å². The molecule has 3 saturated heterocycles. The van der Waals surface area contributed by atoms with E-state index in [1.165, 1.54) is 5.57 Å². The predicted molar refractivity (Wildman–Crippen MR) is 318 cm³/mol. The third-order valence-electron chi connectivity index (χ3n) is 15.9. The maximum atomic E-state index is 13.6. The fourth-order valence-corrected chi connectivity index (χ4v) is 16.4. The zero-order valence-corrected chi connectivity index (χ0v) is 50.6. The fourth-order valence-electron chi connectivity index (χ4n) is 9.99. The number of nitrogens with two attached hydrogens (primary N) is 1. The molecule has 0 amide bonds. The van der Waals surface area contributed by atoms with E-state index in [1.54, 1.807) is 81.8 Å². The summed E-state index contributed by atoms with van der Waals surface area (Å²) in [5, 5.41) is 13.3. The Labute approximate surface area is 479 Å². The lowest BCUT2D eigenvalue weighted by Gasteiger charge is -2.33. The fraction of sp³-hybridized carbons (Fsp3) is 0.431.